The van der Waals surface area contributed by atoms with Crippen molar-refractivity contribution >= 4 is 5.91 Å². The van der Waals surface area contributed by atoms with E-state index in [1.165, 1.54) is 16.7 Å². The summed E-state index contributed by atoms with van der Waals surface area (Å²) >= 11 is 0. The van der Waals surface area contributed by atoms with Gasteiger partial charge in [0, 0.05) is 51.0 Å². The lowest BCUT2D eigenvalue weighted by Gasteiger charge is -2.32. The molecular formula is C27H32N4O2. The van der Waals surface area contributed by atoms with Crippen LogP contribution in [0.15, 0.2) is 67.0 Å². The van der Waals surface area contributed by atoms with E-state index in [0.717, 1.165) is 57.7 Å². The summed E-state index contributed by atoms with van der Waals surface area (Å²) in [6, 6.07) is 19.1. The molecule has 0 aliphatic carbocycles. The molecule has 0 N–H and O–H groups in total. The van der Waals surface area contributed by atoms with Crippen molar-refractivity contribution < 1.29 is 9.53 Å². The average molecular weight is 445 g/mol. The van der Waals surface area contributed by atoms with Gasteiger partial charge in [0.1, 0.15) is 12.3 Å². The third kappa shape index (κ3) is 5.63. The molecule has 2 aliphatic rings. The van der Waals surface area contributed by atoms with Gasteiger partial charge in [-0.15, -0.1) is 0 Å². The third-order valence-electron chi connectivity index (χ3n) is 6.75. The smallest absolute Gasteiger partial charge is 0.244 e. The molecule has 5 rings (SSSR count). The summed E-state index contributed by atoms with van der Waals surface area (Å²) in [5.74, 6) is 1.41. The number of piperidine rings is 1. The zero-order valence-electron chi connectivity index (χ0n) is 19.1. The molecule has 6 nitrogen and oxygen atoms in total. The maximum Gasteiger partial charge on any atom is 0.244 e. The van der Waals surface area contributed by atoms with Crippen molar-refractivity contribution in [3.05, 3.63) is 83.7 Å². The van der Waals surface area contributed by atoms with E-state index in [-0.39, 0.29) is 5.91 Å². The van der Waals surface area contributed by atoms with Crippen molar-refractivity contribution in [2.24, 2.45) is 5.92 Å². The van der Waals surface area contributed by atoms with E-state index in [1.807, 2.05) is 17.2 Å². The van der Waals surface area contributed by atoms with E-state index in [4.69, 9.17) is 4.74 Å². The number of nitrogens with zero attached hydrogens (tertiary/aromatic N) is 4. The molecule has 3 aromatic rings. The van der Waals surface area contributed by atoms with Crippen molar-refractivity contribution in [2.45, 2.75) is 38.9 Å². The predicted molar refractivity (Wildman–Crippen MR) is 128 cm³/mol. The number of likely N-dealkylation sites (tertiary alicyclic amines) is 1. The molecule has 1 aromatic heterocycles. The summed E-state index contributed by atoms with van der Waals surface area (Å²) in [4.78, 5) is 17.0. The number of benzene rings is 2. The molecule has 1 saturated heterocycles. The van der Waals surface area contributed by atoms with Crippen LogP contribution in [-0.2, 0) is 30.8 Å². The first-order valence-corrected chi connectivity index (χ1v) is 12.0. The minimum atomic E-state index is 0.132. The van der Waals surface area contributed by atoms with E-state index in [0.29, 0.717) is 19.1 Å². The fourth-order valence-electron chi connectivity index (χ4n) is 4.91. The first kappa shape index (κ1) is 21.7. The average Bonchev–Trinajstić information content (AvgIpc) is 3.37. The highest BCUT2D eigenvalue weighted by Gasteiger charge is 2.24. The second-order valence-corrected chi connectivity index (χ2v) is 9.24. The van der Waals surface area contributed by atoms with Gasteiger partial charge < -0.3 is 9.64 Å². The number of amides is 1. The van der Waals surface area contributed by atoms with Crippen molar-refractivity contribution in [3.8, 4) is 5.75 Å². The number of carbonyl (C=O) groups excluding carboxylic acids is 1. The lowest BCUT2D eigenvalue weighted by molar-refractivity contribution is -0.134. The van der Waals surface area contributed by atoms with E-state index in [9.17, 15) is 4.79 Å². The Balaban J connectivity index is 1.09. The Kier molecular flexibility index (Phi) is 6.72. The van der Waals surface area contributed by atoms with Crippen molar-refractivity contribution in [2.75, 3.05) is 26.2 Å². The number of rotatable bonds is 7. The fraction of sp³-hybridized carbons (Fsp3) is 0.407. The van der Waals surface area contributed by atoms with Crippen LogP contribution in [0.25, 0.3) is 0 Å². The van der Waals surface area contributed by atoms with Gasteiger partial charge in [0.05, 0.1) is 6.61 Å². The molecule has 3 heterocycles. The fourth-order valence-corrected chi connectivity index (χ4v) is 4.91. The van der Waals surface area contributed by atoms with Crippen LogP contribution in [0.1, 0.15) is 29.5 Å². The molecule has 1 fully saturated rings. The van der Waals surface area contributed by atoms with Gasteiger partial charge in [0.25, 0.3) is 0 Å². The van der Waals surface area contributed by atoms with Crippen LogP contribution in [0.3, 0.4) is 0 Å². The largest absolute Gasteiger partial charge is 0.493 e. The SMILES string of the molecule is O=C(Cn1cccn1)N1CCCC(COc2ccc(CN3CCc4ccccc4C3)cc2)C1. The van der Waals surface area contributed by atoms with Crippen LogP contribution >= 0.6 is 0 Å². The zero-order chi connectivity index (χ0) is 22.5. The molecule has 1 unspecified atom stereocenters. The normalized spacial score (nSPS) is 18.7. The van der Waals surface area contributed by atoms with E-state index in [2.05, 4.69) is 58.5 Å². The predicted octanol–water partition coefficient (Wildman–Crippen LogP) is 3.76. The van der Waals surface area contributed by atoms with Gasteiger partial charge in [0.2, 0.25) is 5.91 Å². The maximum absolute atomic E-state index is 12.6. The van der Waals surface area contributed by atoms with E-state index < -0.39 is 0 Å². The summed E-state index contributed by atoms with van der Waals surface area (Å²) in [6.07, 6.45) is 6.78. The van der Waals surface area contributed by atoms with Crippen molar-refractivity contribution in [1.82, 2.24) is 19.6 Å². The molecule has 2 aromatic carbocycles. The molecule has 0 bridgehead atoms. The van der Waals surface area contributed by atoms with Gasteiger partial charge in [-0.25, -0.2) is 0 Å². The molecule has 0 radical (unpaired) electrons. The molecule has 172 valence electrons. The van der Waals surface area contributed by atoms with Crippen molar-refractivity contribution in [1.29, 1.82) is 0 Å². The Morgan fingerprint density at radius 1 is 1.03 bits per heavy atom. The summed E-state index contributed by atoms with van der Waals surface area (Å²) in [5, 5.41) is 4.14. The number of hydrogen-bond acceptors (Lipinski definition) is 4. The van der Waals surface area contributed by atoms with Gasteiger partial charge in [-0.1, -0.05) is 36.4 Å². The Morgan fingerprint density at radius 3 is 2.70 bits per heavy atom. The lowest BCUT2D eigenvalue weighted by Crippen LogP contribution is -2.43. The Bertz CT molecular complexity index is 1050. The second kappa shape index (κ2) is 10.2. The molecule has 1 amide bonds. The third-order valence-corrected chi connectivity index (χ3v) is 6.75. The second-order valence-electron chi connectivity index (χ2n) is 9.24. The number of fused-ring (bicyclic) bond motifs is 1. The monoisotopic (exact) mass is 444 g/mol. The van der Waals surface area contributed by atoms with Crippen LogP contribution in [-0.4, -0.2) is 51.7 Å². The van der Waals surface area contributed by atoms with E-state index >= 15 is 0 Å². The van der Waals surface area contributed by atoms with Gasteiger partial charge >= 0.3 is 0 Å². The van der Waals surface area contributed by atoms with Crippen LogP contribution in [0.4, 0.5) is 0 Å². The molecule has 1 atom stereocenters. The lowest BCUT2D eigenvalue weighted by atomic mass is 9.99. The van der Waals surface area contributed by atoms with Crippen LogP contribution < -0.4 is 4.74 Å². The summed E-state index contributed by atoms with van der Waals surface area (Å²) < 4.78 is 7.79. The molecular weight excluding hydrogens is 412 g/mol. The van der Waals surface area contributed by atoms with E-state index in [1.54, 1.807) is 10.9 Å². The number of hydrogen-bond donors (Lipinski definition) is 0. The Labute approximate surface area is 195 Å². The number of aromatic nitrogens is 2. The Hall–Kier alpha value is -3.12. The number of carbonyl (C=O) groups is 1. The van der Waals surface area contributed by atoms with Gasteiger partial charge in [0.15, 0.2) is 0 Å². The van der Waals surface area contributed by atoms with Crippen LogP contribution in [0.2, 0.25) is 0 Å². The van der Waals surface area contributed by atoms with Gasteiger partial charge in [-0.3, -0.25) is 14.4 Å². The van der Waals surface area contributed by atoms with Crippen molar-refractivity contribution in [3.63, 3.8) is 0 Å². The summed E-state index contributed by atoms with van der Waals surface area (Å²) in [5.41, 5.74) is 4.25. The topological polar surface area (TPSA) is 50.6 Å². The molecule has 0 saturated carbocycles. The Morgan fingerprint density at radius 2 is 1.88 bits per heavy atom. The minimum absolute atomic E-state index is 0.132. The minimum Gasteiger partial charge on any atom is -0.493 e. The highest BCUT2D eigenvalue weighted by atomic mass is 16.5. The molecule has 33 heavy (non-hydrogen) atoms. The first-order valence-electron chi connectivity index (χ1n) is 12.0. The standard InChI is InChI=1S/C27H32N4O2/c32-27(20-31-15-4-13-28-31)30-14-3-5-23(18-30)21-33-26-10-8-22(9-11-26)17-29-16-12-24-6-1-2-7-25(24)19-29/h1-2,4,6-11,13,15,23H,3,5,12,14,16-21H2. The van der Waals surface area contributed by atoms with Crippen LogP contribution in [0.5, 0.6) is 5.75 Å². The maximum atomic E-state index is 12.6. The number of ether oxygens (including phenoxy) is 1. The highest BCUT2D eigenvalue weighted by Crippen LogP contribution is 2.22. The highest BCUT2D eigenvalue weighted by molar-refractivity contribution is 5.76. The molecule has 0 spiro atoms. The van der Waals surface area contributed by atoms with Gasteiger partial charge in [-0.2, -0.15) is 5.10 Å². The van der Waals surface area contributed by atoms with Gasteiger partial charge in [-0.05, 0) is 54.2 Å². The molecule has 2 aliphatic heterocycles. The summed E-state index contributed by atoms with van der Waals surface area (Å²) in [7, 11) is 0. The first-order chi connectivity index (χ1) is 16.2. The van der Waals surface area contributed by atoms with Crippen LogP contribution in [0, 0.1) is 5.92 Å². The molecule has 6 heteroatoms. The zero-order valence-corrected chi connectivity index (χ0v) is 19.1. The summed E-state index contributed by atoms with van der Waals surface area (Å²) in [6.45, 7) is 5.63. The quantitative estimate of drug-likeness (QED) is 0.557.